The van der Waals surface area contributed by atoms with Crippen LogP contribution in [0.4, 0.5) is 0 Å². The van der Waals surface area contributed by atoms with E-state index in [1.807, 2.05) is 0 Å². The van der Waals surface area contributed by atoms with Gasteiger partial charge in [0.2, 0.25) is 0 Å². The van der Waals surface area contributed by atoms with Crippen LogP contribution >= 0.6 is 15.9 Å². The van der Waals surface area contributed by atoms with E-state index in [0.717, 1.165) is 17.1 Å². The first kappa shape index (κ1) is 14.5. The van der Waals surface area contributed by atoms with Gasteiger partial charge in [-0.05, 0) is 37.1 Å². The third kappa shape index (κ3) is 3.08. The van der Waals surface area contributed by atoms with Crippen molar-refractivity contribution in [3.8, 4) is 0 Å². The van der Waals surface area contributed by atoms with Gasteiger partial charge in [0.1, 0.15) is 0 Å². The molecule has 110 valence electrons. The molecule has 0 spiro atoms. The molecule has 3 nitrogen and oxygen atoms in total. The number of nitrogens with two attached hydrogens (primary N) is 1. The zero-order valence-corrected chi connectivity index (χ0v) is 13.6. The first-order chi connectivity index (χ1) is 9.78. The summed E-state index contributed by atoms with van der Waals surface area (Å²) in [6.45, 7) is 5.53. The van der Waals surface area contributed by atoms with Crippen LogP contribution in [-0.2, 0) is 0 Å². The summed E-state index contributed by atoms with van der Waals surface area (Å²) in [6.07, 6.45) is 4.12. The van der Waals surface area contributed by atoms with E-state index in [4.69, 9.17) is 5.73 Å². The zero-order chi connectivity index (χ0) is 13.9. The number of rotatable bonds is 3. The van der Waals surface area contributed by atoms with Crippen molar-refractivity contribution in [2.24, 2.45) is 5.73 Å². The predicted octanol–water partition coefficient (Wildman–Crippen LogP) is 2.62. The quantitative estimate of drug-likeness (QED) is 0.920. The second-order valence-electron chi connectivity index (χ2n) is 5.98. The van der Waals surface area contributed by atoms with Gasteiger partial charge in [0.05, 0.1) is 0 Å². The molecule has 2 fully saturated rings. The number of piperazine rings is 1. The number of hydrogen-bond donors (Lipinski definition) is 1. The van der Waals surface area contributed by atoms with Crippen LogP contribution in [0, 0.1) is 0 Å². The summed E-state index contributed by atoms with van der Waals surface area (Å²) < 4.78 is 1.13. The molecule has 0 bridgehead atoms. The lowest BCUT2D eigenvalue weighted by Gasteiger charge is -2.46. The van der Waals surface area contributed by atoms with Gasteiger partial charge in [-0.2, -0.15) is 0 Å². The van der Waals surface area contributed by atoms with Gasteiger partial charge in [0.25, 0.3) is 0 Å². The van der Waals surface area contributed by atoms with Gasteiger partial charge >= 0.3 is 0 Å². The van der Waals surface area contributed by atoms with E-state index in [2.05, 4.69) is 50.0 Å². The van der Waals surface area contributed by atoms with Gasteiger partial charge in [0.15, 0.2) is 0 Å². The topological polar surface area (TPSA) is 32.5 Å². The zero-order valence-electron chi connectivity index (χ0n) is 12.0. The highest BCUT2D eigenvalue weighted by molar-refractivity contribution is 9.10. The average Bonchev–Trinajstić information content (AvgIpc) is 2.50. The minimum Gasteiger partial charge on any atom is -0.329 e. The molecular weight excluding hydrogens is 314 g/mol. The summed E-state index contributed by atoms with van der Waals surface area (Å²) in [5.41, 5.74) is 7.42. The lowest BCUT2D eigenvalue weighted by atomic mass is 9.97. The smallest absolute Gasteiger partial charge is 0.0471 e. The number of piperidine rings is 1. The van der Waals surface area contributed by atoms with E-state index in [-0.39, 0.29) is 0 Å². The summed E-state index contributed by atoms with van der Waals surface area (Å²) in [5.74, 6) is 0. The molecular formula is C16H24BrN3. The molecule has 0 radical (unpaired) electrons. The first-order valence-corrected chi connectivity index (χ1v) is 8.51. The lowest BCUT2D eigenvalue weighted by molar-refractivity contribution is 0.0286. The molecule has 2 heterocycles. The highest BCUT2D eigenvalue weighted by Gasteiger charge is 2.32. The number of fused-ring (bicyclic) bond motifs is 1. The maximum absolute atomic E-state index is 6.07. The molecule has 0 amide bonds. The van der Waals surface area contributed by atoms with Crippen LogP contribution in [0.3, 0.4) is 0 Å². The van der Waals surface area contributed by atoms with Crippen molar-refractivity contribution in [1.29, 1.82) is 0 Å². The van der Waals surface area contributed by atoms with Crippen LogP contribution in [-0.4, -0.2) is 48.6 Å². The van der Waals surface area contributed by atoms with E-state index >= 15 is 0 Å². The number of halogens is 1. The normalized spacial score (nSPS) is 26.2. The molecule has 2 unspecified atom stereocenters. The first-order valence-electron chi connectivity index (χ1n) is 7.71. The Kier molecular flexibility index (Phi) is 4.76. The maximum Gasteiger partial charge on any atom is 0.0471 e. The Bertz CT molecular complexity index is 434. The van der Waals surface area contributed by atoms with Crippen molar-refractivity contribution in [3.05, 3.63) is 34.3 Å². The average molecular weight is 338 g/mol. The lowest BCUT2D eigenvalue weighted by Crippen LogP contribution is -2.56. The van der Waals surface area contributed by atoms with Gasteiger partial charge in [-0.3, -0.25) is 9.80 Å². The fraction of sp³-hybridized carbons (Fsp3) is 0.625. The van der Waals surface area contributed by atoms with Crippen molar-refractivity contribution in [3.63, 3.8) is 0 Å². The Morgan fingerprint density at radius 1 is 1.15 bits per heavy atom. The van der Waals surface area contributed by atoms with Gasteiger partial charge in [0, 0.05) is 42.7 Å². The van der Waals surface area contributed by atoms with Crippen molar-refractivity contribution in [2.75, 3.05) is 32.7 Å². The number of benzene rings is 1. The molecule has 2 atom stereocenters. The Morgan fingerprint density at radius 3 is 2.70 bits per heavy atom. The molecule has 2 aliphatic rings. The van der Waals surface area contributed by atoms with Crippen LogP contribution in [0.5, 0.6) is 0 Å². The Morgan fingerprint density at radius 2 is 1.95 bits per heavy atom. The number of hydrogen-bond acceptors (Lipinski definition) is 3. The molecule has 20 heavy (non-hydrogen) atoms. The van der Waals surface area contributed by atoms with Crippen LogP contribution in [0.1, 0.15) is 30.9 Å². The van der Waals surface area contributed by atoms with Crippen LogP contribution in [0.2, 0.25) is 0 Å². The van der Waals surface area contributed by atoms with Crippen molar-refractivity contribution < 1.29 is 0 Å². The molecule has 1 aromatic rings. The Hall–Kier alpha value is -0.420. The van der Waals surface area contributed by atoms with Gasteiger partial charge in [-0.1, -0.05) is 34.5 Å². The summed E-state index contributed by atoms with van der Waals surface area (Å²) >= 11 is 3.51. The second kappa shape index (κ2) is 6.56. The second-order valence-corrected chi connectivity index (χ2v) is 6.90. The van der Waals surface area contributed by atoms with Crippen molar-refractivity contribution in [1.82, 2.24) is 9.80 Å². The highest BCUT2D eigenvalue weighted by Crippen LogP contribution is 2.27. The van der Waals surface area contributed by atoms with E-state index < -0.39 is 0 Å². The third-order valence-electron chi connectivity index (χ3n) is 4.79. The molecule has 2 saturated heterocycles. The van der Waals surface area contributed by atoms with Gasteiger partial charge in [-0.15, -0.1) is 0 Å². The van der Waals surface area contributed by atoms with E-state index in [1.165, 1.54) is 44.5 Å². The van der Waals surface area contributed by atoms with Gasteiger partial charge < -0.3 is 5.73 Å². The molecule has 2 N–H and O–H groups in total. The maximum atomic E-state index is 6.07. The van der Waals surface area contributed by atoms with Gasteiger partial charge in [-0.25, -0.2) is 0 Å². The minimum atomic E-state index is 0.368. The minimum absolute atomic E-state index is 0.368. The van der Waals surface area contributed by atoms with Crippen LogP contribution < -0.4 is 5.73 Å². The standard InChI is InChI=1S/C16H24BrN3/c17-14-6-4-13(5-7-14)16(11-18)20-10-9-19-8-2-1-3-15(19)12-20/h4-7,15-16H,1-3,8-12,18H2. The number of nitrogens with zero attached hydrogens (tertiary/aromatic N) is 2. The SMILES string of the molecule is NCC(c1ccc(Br)cc1)N1CCN2CCCCC2C1. The van der Waals surface area contributed by atoms with E-state index in [9.17, 15) is 0 Å². The van der Waals surface area contributed by atoms with Crippen LogP contribution in [0.25, 0.3) is 0 Å². The molecule has 2 aliphatic heterocycles. The highest BCUT2D eigenvalue weighted by atomic mass is 79.9. The fourth-order valence-electron chi connectivity index (χ4n) is 3.64. The molecule has 0 saturated carbocycles. The monoisotopic (exact) mass is 337 g/mol. The Balaban J connectivity index is 1.71. The molecule has 0 aromatic heterocycles. The summed E-state index contributed by atoms with van der Waals surface area (Å²) in [4.78, 5) is 5.27. The van der Waals surface area contributed by atoms with Crippen molar-refractivity contribution in [2.45, 2.75) is 31.3 Å². The molecule has 0 aliphatic carbocycles. The molecule has 4 heteroatoms. The summed E-state index contributed by atoms with van der Waals surface area (Å²) in [6, 6.07) is 9.77. The largest absolute Gasteiger partial charge is 0.329 e. The fourth-order valence-corrected chi connectivity index (χ4v) is 3.91. The van der Waals surface area contributed by atoms with Crippen molar-refractivity contribution >= 4 is 15.9 Å². The summed E-state index contributed by atoms with van der Waals surface area (Å²) in [7, 11) is 0. The van der Waals surface area contributed by atoms with E-state index in [0.29, 0.717) is 12.6 Å². The molecule has 3 rings (SSSR count). The van der Waals surface area contributed by atoms with E-state index in [1.54, 1.807) is 0 Å². The third-order valence-corrected chi connectivity index (χ3v) is 5.32. The molecule has 1 aromatic carbocycles. The predicted molar refractivity (Wildman–Crippen MR) is 86.7 cm³/mol. The van der Waals surface area contributed by atoms with Crippen LogP contribution in [0.15, 0.2) is 28.7 Å². The summed E-state index contributed by atoms with van der Waals surface area (Å²) in [5, 5.41) is 0. The Labute approximate surface area is 130 Å².